The average Bonchev–Trinajstić information content (AvgIpc) is 2.51. The molecule has 0 radical (unpaired) electrons. The summed E-state index contributed by atoms with van der Waals surface area (Å²) in [7, 11) is 0. The number of ether oxygens (including phenoxy) is 2. The van der Waals surface area contributed by atoms with Gasteiger partial charge >= 0.3 is 5.97 Å². The lowest BCUT2D eigenvalue weighted by atomic mass is 10.1. The quantitative estimate of drug-likeness (QED) is 0.446. The summed E-state index contributed by atoms with van der Waals surface area (Å²) < 4.78 is 10.5. The van der Waals surface area contributed by atoms with Crippen molar-refractivity contribution in [1.82, 2.24) is 4.98 Å². The molecule has 0 saturated heterocycles. The monoisotopic (exact) mass is 301 g/mol. The van der Waals surface area contributed by atoms with Gasteiger partial charge in [0.1, 0.15) is 11.4 Å². The predicted molar refractivity (Wildman–Crippen MR) is 83.1 cm³/mol. The SMILES string of the molecule is CCOC(=O)CCCOc1ccc2nc(C(C)=O)ccc2c1. The molecule has 0 bridgehead atoms. The lowest BCUT2D eigenvalue weighted by molar-refractivity contribution is -0.143. The van der Waals surface area contributed by atoms with Crippen LogP contribution >= 0.6 is 0 Å². The summed E-state index contributed by atoms with van der Waals surface area (Å²) in [4.78, 5) is 26.8. The third kappa shape index (κ3) is 4.28. The molecule has 22 heavy (non-hydrogen) atoms. The van der Waals surface area contributed by atoms with Crippen LogP contribution in [-0.4, -0.2) is 30.0 Å². The van der Waals surface area contributed by atoms with Crippen LogP contribution in [0, 0.1) is 0 Å². The topological polar surface area (TPSA) is 65.5 Å². The Kier molecular flexibility index (Phi) is 5.47. The second kappa shape index (κ2) is 7.54. The van der Waals surface area contributed by atoms with Crippen molar-refractivity contribution in [2.24, 2.45) is 0 Å². The standard InChI is InChI=1S/C17H19NO4/c1-3-21-17(20)5-4-10-22-14-7-9-16-13(11-14)6-8-15(18-16)12(2)19/h6-9,11H,3-5,10H2,1-2H3. The van der Waals surface area contributed by atoms with Gasteiger partial charge in [-0.3, -0.25) is 9.59 Å². The fourth-order valence-corrected chi connectivity index (χ4v) is 2.03. The summed E-state index contributed by atoms with van der Waals surface area (Å²) in [5.74, 6) is 0.459. The van der Waals surface area contributed by atoms with Gasteiger partial charge in [-0.15, -0.1) is 0 Å². The van der Waals surface area contributed by atoms with Crippen LogP contribution in [0.1, 0.15) is 37.2 Å². The number of carbonyl (C=O) groups excluding carboxylic acids is 2. The number of pyridine rings is 1. The van der Waals surface area contributed by atoms with Crippen LogP contribution in [0.15, 0.2) is 30.3 Å². The largest absolute Gasteiger partial charge is 0.494 e. The maximum Gasteiger partial charge on any atom is 0.305 e. The van der Waals surface area contributed by atoms with E-state index in [0.717, 1.165) is 10.9 Å². The zero-order valence-electron chi connectivity index (χ0n) is 12.8. The molecule has 0 unspecified atom stereocenters. The summed E-state index contributed by atoms with van der Waals surface area (Å²) in [5, 5.41) is 0.910. The molecule has 0 atom stereocenters. The van der Waals surface area contributed by atoms with E-state index in [1.165, 1.54) is 6.92 Å². The van der Waals surface area contributed by atoms with Crippen molar-refractivity contribution in [2.45, 2.75) is 26.7 Å². The van der Waals surface area contributed by atoms with E-state index in [2.05, 4.69) is 4.98 Å². The zero-order chi connectivity index (χ0) is 15.9. The Balaban J connectivity index is 1.94. The van der Waals surface area contributed by atoms with Crippen LogP contribution in [0.2, 0.25) is 0 Å². The first-order valence-corrected chi connectivity index (χ1v) is 7.30. The minimum absolute atomic E-state index is 0.0545. The molecule has 0 aliphatic carbocycles. The van der Waals surface area contributed by atoms with Gasteiger partial charge in [-0.1, -0.05) is 6.07 Å². The molecule has 5 nitrogen and oxygen atoms in total. The van der Waals surface area contributed by atoms with Gasteiger partial charge in [0, 0.05) is 18.7 Å². The lowest BCUT2D eigenvalue weighted by Gasteiger charge is -2.07. The van der Waals surface area contributed by atoms with Crippen LogP contribution in [0.4, 0.5) is 0 Å². The van der Waals surface area contributed by atoms with Crippen molar-refractivity contribution in [2.75, 3.05) is 13.2 Å². The Morgan fingerprint density at radius 3 is 2.73 bits per heavy atom. The molecule has 116 valence electrons. The number of esters is 1. The number of Topliss-reactive ketones (excluding diaryl/α,β-unsaturated/α-hetero) is 1. The number of fused-ring (bicyclic) bond motifs is 1. The van der Waals surface area contributed by atoms with Gasteiger partial charge in [0.05, 0.1) is 18.7 Å². The molecule has 1 aromatic carbocycles. The van der Waals surface area contributed by atoms with E-state index < -0.39 is 0 Å². The number of benzene rings is 1. The molecule has 2 aromatic rings. The Bertz CT molecular complexity index is 681. The summed E-state index contributed by atoms with van der Waals surface area (Å²) in [6, 6.07) is 9.06. The highest BCUT2D eigenvalue weighted by molar-refractivity contribution is 5.94. The highest BCUT2D eigenvalue weighted by Crippen LogP contribution is 2.20. The van der Waals surface area contributed by atoms with Crippen LogP contribution < -0.4 is 4.74 Å². The number of nitrogens with zero attached hydrogens (tertiary/aromatic N) is 1. The van der Waals surface area contributed by atoms with E-state index in [-0.39, 0.29) is 11.8 Å². The van der Waals surface area contributed by atoms with E-state index in [4.69, 9.17) is 9.47 Å². The van der Waals surface area contributed by atoms with Gasteiger partial charge in [-0.2, -0.15) is 0 Å². The molecule has 0 saturated carbocycles. The molecule has 0 aliphatic heterocycles. The second-order valence-corrected chi connectivity index (χ2v) is 4.86. The van der Waals surface area contributed by atoms with E-state index in [0.29, 0.717) is 37.5 Å². The van der Waals surface area contributed by atoms with Gasteiger partial charge in [0.15, 0.2) is 5.78 Å². The fourth-order valence-electron chi connectivity index (χ4n) is 2.03. The predicted octanol–water partition coefficient (Wildman–Crippen LogP) is 3.16. The second-order valence-electron chi connectivity index (χ2n) is 4.86. The molecular formula is C17H19NO4. The van der Waals surface area contributed by atoms with Gasteiger partial charge in [0.2, 0.25) is 0 Å². The molecule has 0 N–H and O–H groups in total. The third-order valence-corrected chi connectivity index (χ3v) is 3.12. The highest BCUT2D eigenvalue weighted by Gasteiger charge is 2.05. The number of rotatable bonds is 7. The molecule has 0 spiro atoms. The first-order valence-electron chi connectivity index (χ1n) is 7.30. The first kappa shape index (κ1) is 15.9. The number of carbonyl (C=O) groups is 2. The Hall–Kier alpha value is -2.43. The number of ketones is 1. The lowest BCUT2D eigenvalue weighted by Crippen LogP contribution is -2.06. The Morgan fingerprint density at radius 1 is 1.18 bits per heavy atom. The molecule has 2 rings (SSSR count). The molecule has 0 aliphatic rings. The summed E-state index contributed by atoms with van der Waals surface area (Å²) >= 11 is 0. The van der Waals surface area contributed by atoms with Gasteiger partial charge in [-0.05, 0) is 37.6 Å². The van der Waals surface area contributed by atoms with Crippen LogP contribution in [0.5, 0.6) is 5.75 Å². The van der Waals surface area contributed by atoms with E-state index in [9.17, 15) is 9.59 Å². The maximum atomic E-state index is 11.3. The zero-order valence-corrected chi connectivity index (χ0v) is 12.8. The van der Waals surface area contributed by atoms with Gasteiger partial charge < -0.3 is 9.47 Å². The number of hydrogen-bond acceptors (Lipinski definition) is 5. The van der Waals surface area contributed by atoms with E-state index in [1.54, 1.807) is 13.0 Å². The fraction of sp³-hybridized carbons (Fsp3) is 0.353. The van der Waals surface area contributed by atoms with Crippen molar-refractivity contribution < 1.29 is 19.1 Å². The van der Waals surface area contributed by atoms with Crippen molar-refractivity contribution in [1.29, 1.82) is 0 Å². The highest BCUT2D eigenvalue weighted by atomic mass is 16.5. The van der Waals surface area contributed by atoms with Crippen LogP contribution in [-0.2, 0) is 9.53 Å². The first-order chi connectivity index (χ1) is 10.6. The van der Waals surface area contributed by atoms with E-state index >= 15 is 0 Å². The smallest absolute Gasteiger partial charge is 0.305 e. The average molecular weight is 301 g/mol. The minimum Gasteiger partial charge on any atom is -0.494 e. The van der Waals surface area contributed by atoms with Crippen LogP contribution in [0.3, 0.4) is 0 Å². The van der Waals surface area contributed by atoms with Crippen molar-refractivity contribution in [3.63, 3.8) is 0 Å². The normalized spacial score (nSPS) is 10.5. The molecule has 5 heteroatoms. The molecule has 1 heterocycles. The Morgan fingerprint density at radius 2 is 2.00 bits per heavy atom. The van der Waals surface area contributed by atoms with Crippen LogP contribution in [0.25, 0.3) is 10.9 Å². The number of hydrogen-bond donors (Lipinski definition) is 0. The van der Waals surface area contributed by atoms with Crippen molar-refractivity contribution in [3.8, 4) is 5.75 Å². The molecular weight excluding hydrogens is 282 g/mol. The van der Waals surface area contributed by atoms with E-state index in [1.807, 2.05) is 24.3 Å². The minimum atomic E-state index is -0.203. The van der Waals surface area contributed by atoms with Gasteiger partial charge in [-0.25, -0.2) is 4.98 Å². The molecule has 1 aromatic heterocycles. The third-order valence-electron chi connectivity index (χ3n) is 3.12. The van der Waals surface area contributed by atoms with Crippen molar-refractivity contribution in [3.05, 3.63) is 36.0 Å². The van der Waals surface area contributed by atoms with Crippen molar-refractivity contribution >= 4 is 22.7 Å². The summed E-state index contributed by atoms with van der Waals surface area (Å²) in [6.07, 6.45) is 0.962. The molecule has 0 fully saturated rings. The van der Waals surface area contributed by atoms with Gasteiger partial charge in [0.25, 0.3) is 0 Å². The Labute approximate surface area is 129 Å². The maximum absolute atomic E-state index is 11.3. The summed E-state index contributed by atoms with van der Waals surface area (Å²) in [5.41, 5.74) is 1.21. The molecule has 0 amide bonds. The number of aromatic nitrogens is 1. The summed E-state index contributed by atoms with van der Waals surface area (Å²) in [6.45, 7) is 4.13.